The number of fused-ring (bicyclic) bond motifs is 1. The number of carbonyl (C=O) groups is 1. The van der Waals surface area contributed by atoms with Crippen molar-refractivity contribution in [2.24, 2.45) is 5.92 Å². The third-order valence-electron chi connectivity index (χ3n) is 5.16. The monoisotopic (exact) mass is 340 g/mol. The van der Waals surface area contributed by atoms with Gasteiger partial charge in [0.1, 0.15) is 0 Å². The molecule has 0 aliphatic heterocycles. The number of hydrogen-bond acceptors (Lipinski definition) is 3. The Morgan fingerprint density at radius 3 is 2.84 bits per heavy atom. The minimum Gasteiger partial charge on any atom is -0.376 e. The van der Waals surface area contributed by atoms with Crippen molar-refractivity contribution in [1.82, 2.24) is 10.3 Å². The molecule has 25 heavy (non-hydrogen) atoms. The Bertz CT molecular complexity index is 757. The topological polar surface area (TPSA) is 51.2 Å². The molecule has 0 saturated heterocycles. The van der Waals surface area contributed by atoms with Gasteiger partial charge in [0.25, 0.3) is 5.91 Å². The number of nitrogens with one attached hydrogen (secondary N) is 1. The second-order valence-electron chi connectivity index (χ2n) is 7.24. The summed E-state index contributed by atoms with van der Waals surface area (Å²) in [5.41, 5.74) is 3.49. The summed E-state index contributed by atoms with van der Waals surface area (Å²) in [5.74, 6) is 0.549. The Morgan fingerprint density at radius 1 is 1.24 bits per heavy atom. The first kappa shape index (κ1) is 17.9. The number of rotatable bonds is 5. The van der Waals surface area contributed by atoms with Crippen LogP contribution in [-0.2, 0) is 4.74 Å². The number of aromatic nitrogens is 1. The molecule has 4 heteroatoms. The van der Waals surface area contributed by atoms with Crippen LogP contribution in [0.15, 0.2) is 24.3 Å². The number of carbonyl (C=O) groups excluding carboxylic acids is 1. The average Bonchev–Trinajstić information content (AvgIpc) is 2.59. The van der Waals surface area contributed by atoms with Crippen LogP contribution < -0.4 is 5.32 Å². The van der Waals surface area contributed by atoms with E-state index in [9.17, 15) is 4.79 Å². The number of amides is 1. The lowest BCUT2D eigenvalue weighted by Crippen LogP contribution is -2.32. The van der Waals surface area contributed by atoms with Crippen LogP contribution in [-0.4, -0.2) is 30.1 Å². The van der Waals surface area contributed by atoms with E-state index in [0.717, 1.165) is 23.0 Å². The molecule has 0 unspecified atom stereocenters. The predicted molar refractivity (Wildman–Crippen MR) is 101 cm³/mol. The van der Waals surface area contributed by atoms with Gasteiger partial charge in [0.05, 0.1) is 29.5 Å². The molecular weight excluding hydrogens is 312 g/mol. The van der Waals surface area contributed by atoms with Gasteiger partial charge < -0.3 is 10.1 Å². The van der Waals surface area contributed by atoms with Crippen LogP contribution in [0.5, 0.6) is 0 Å². The highest BCUT2D eigenvalue weighted by Gasteiger charge is 2.21. The highest BCUT2D eigenvalue weighted by molar-refractivity contribution is 5.98. The van der Waals surface area contributed by atoms with Crippen molar-refractivity contribution in [3.05, 3.63) is 41.1 Å². The molecule has 1 saturated carbocycles. The lowest BCUT2D eigenvalue weighted by molar-refractivity contribution is -0.00294. The second kappa shape index (κ2) is 7.96. The first-order chi connectivity index (χ1) is 12.0. The number of nitrogens with zero attached hydrogens (tertiary/aromatic N) is 1. The maximum absolute atomic E-state index is 12.5. The van der Waals surface area contributed by atoms with Gasteiger partial charge in [0, 0.05) is 11.9 Å². The molecule has 134 valence electrons. The quantitative estimate of drug-likeness (QED) is 0.831. The Labute approximate surface area is 150 Å². The summed E-state index contributed by atoms with van der Waals surface area (Å²) in [5, 5.41) is 3.97. The molecule has 1 amide bonds. The second-order valence-corrected chi connectivity index (χ2v) is 7.24. The Balaban J connectivity index is 1.57. The fraction of sp³-hybridized carbons (Fsp3) is 0.524. The lowest BCUT2D eigenvalue weighted by Gasteiger charge is -2.28. The smallest absolute Gasteiger partial charge is 0.253 e. The van der Waals surface area contributed by atoms with Crippen LogP contribution in [0.3, 0.4) is 0 Å². The van der Waals surface area contributed by atoms with E-state index in [1.54, 1.807) is 0 Å². The summed E-state index contributed by atoms with van der Waals surface area (Å²) in [7, 11) is 0. The zero-order valence-electron chi connectivity index (χ0n) is 15.5. The number of aryl methyl sites for hydroxylation is 2. The van der Waals surface area contributed by atoms with Gasteiger partial charge in [0.15, 0.2) is 0 Å². The van der Waals surface area contributed by atoms with Crippen LogP contribution in [0.1, 0.15) is 54.2 Å². The van der Waals surface area contributed by atoms with Crippen molar-refractivity contribution in [1.29, 1.82) is 0 Å². The highest BCUT2D eigenvalue weighted by atomic mass is 16.5. The van der Waals surface area contributed by atoms with Crippen molar-refractivity contribution >= 4 is 16.8 Å². The molecule has 4 nitrogen and oxygen atoms in total. The van der Waals surface area contributed by atoms with E-state index in [1.165, 1.54) is 24.8 Å². The van der Waals surface area contributed by atoms with Crippen molar-refractivity contribution < 1.29 is 9.53 Å². The molecule has 0 radical (unpaired) electrons. The van der Waals surface area contributed by atoms with E-state index < -0.39 is 0 Å². The summed E-state index contributed by atoms with van der Waals surface area (Å²) in [4.78, 5) is 17.1. The van der Waals surface area contributed by atoms with Gasteiger partial charge in [-0.1, -0.05) is 31.4 Å². The first-order valence-corrected chi connectivity index (χ1v) is 9.32. The maximum atomic E-state index is 12.5. The van der Waals surface area contributed by atoms with E-state index in [2.05, 4.69) is 23.3 Å². The lowest BCUT2D eigenvalue weighted by atomic mass is 9.88. The summed E-state index contributed by atoms with van der Waals surface area (Å²) in [6.45, 7) is 7.29. The SMILES string of the molecule is Cc1ccc2nc(C)c(C(=O)NCCO[C@@H]3CCCC[C@@H]3C)cc2c1. The normalized spacial score (nSPS) is 20.6. The van der Waals surface area contributed by atoms with Crippen molar-refractivity contribution in [2.75, 3.05) is 13.2 Å². The molecule has 1 aromatic carbocycles. The zero-order chi connectivity index (χ0) is 17.8. The minimum atomic E-state index is -0.0753. The van der Waals surface area contributed by atoms with Crippen LogP contribution in [0.25, 0.3) is 10.9 Å². The first-order valence-electron chi connectivity index (χ1n) is 9.32. The summed E-state index contributed by atoms with van der Waals surface area (Å²) in [6, 6.07) is 8.03. The number of pyridine rings is 1. The van der Waals surface area contributed by atoms with Crippen LogP contribution in [0.4, 0.5) is 0 Å². The van der Waals surface area contributed by atoms with E-state index >= 15 is 0 Å². The van der Waals surface area contributed by atoms with Gasteiger partial charge in [-0.05, 0) is 50.8 Å². The third-order valence-corrected chi connectivity index (χ3v) is 5.16. The molecule has 0 bridgehead atoms. The van der Waals surface area contributed by atoms with Crippen molar-refractivity contribution in [2.45, 2.75) is 52.6 Å². The average molecular weight is 340 g/mol. The summed E-state index contributed by atoms with van der Waals surface area (Å²) >= 11 is 0. The molecule has 0 spiro atoms. The zero-order valence-corrected chi connectivity index (χ0v) is 15.5. The molecule has 1 aliphatic rings. The molecule has 2 atom stereocenters. The van der Waals surface area contributed by atoms with E-state index in [0.29, 0.717) is 30.7 Å². The number of hydrogen-bond donors (Lipinski definition) is 1. The van der Waals surface area contributed by atoms with Gasteiger partial charge >= 0.3 is 0 Å². The van der Waals surface area contributed by atoms with Gasteiger partial charge in [-0.3, -0.25) is 9.78 Å². The number of ether oxygens (including phenoxy) is 1. The minimum absolute atomic E-state index is 0.0753. The van der Waals surface area contributed by atoms with Gasteiger partial charge in [0.2, 0.25) is 0 Å². The van der Waals surface area contributed by atoms with Crippen molar-refractivity contribution in [3.63, 3.8) is 0 Å². The standard InChI is InChI=1S/C21H28N2O2/c1-14-8-9-19-17(12-14)13-18(16(3)23-19)21(24)22-10-11-25-20-7-5-4-6-15(20)2/h8-9,12-13,15,20H,4-7,10-11H2,1-3H3,(H,22,24)/t15-,20+/m0/s1. The van der Waals surface area contributed by atoms with Gasteiger partial charge in [-0.25, -0.2) is 0 Å². The summed E-state index contributed by atoms with van der Waals surface area (Å²) < 4.78 is 5.97. The Morgan fingerprint density at radius 2 is 2.04 bits per heavy atom. The molecule has 1 aliphatic carbocycles. The fourth-order valence-corrected chi connectivity index (χ4v) is 3.62. The van der Waals surface area contributed by atoms with E-state index in [1.807, 2.05) is 32.0 Å². The third kappa shape index (κ3) is 4.37. The molecule has 1 aromatic heterocycles. The molecular formula is C21H28N2O2. The number of benzene rings is 1. The predicted octanol–water partition coefficient (Wildman–Crippen LogP) is 4.18. The van der Waals surface area contributed by atoms with Crippen LogP contribution >= 0.6 is 0 Å². The summed E-state index contributed by atoms with van der Waals surface area (Å²) in [6.07, 6.45) is 5.30. The van der Waals surface area contributed by atoms with E-state index in [4.69, 9.17) is 4.74 Å². The maximum Gasteiger partial charge on any atom is 0.253 e. The largest absolute Gasteiger partial charge is 0.376 e. The fourth-order valence-electron chi connectivity index (χ4n) is 3.62. The molecule has 1 N–H and O–H groups in total. The van der Waals surface area contributed by atoms with Crippen LogP contribution in [0.2, 0.25) is 0 Å². The molecule has 3 rings (SSSR count). The van der Waals surface area contributed by atoms with Gasteiger partial charge in [-0.15, -0.1) is 0 Å². The van der Waals surface area contributed by atoms with Crippen molar-refractivity contribution in [3.8, 4) is 0 Å². The van der Waals surface area contributed by atoms with Gasteiger partial charge in [-0.2, -0.15) is 0 Å². The molecule has 1 heterocycles. The molecule has 2 aromatic rings. The Hall–Kier alpha value is -1.94. The molecule has 1 fully saturated rings. The van der Waals surface area contributed by atoms with Crippen LogP contribution in [0, 0.1) is 19.8 Å². The van der Waals surface area contributed by atoms with E-state index in [-0.39, 0.29) is 5.91 Å². The Kier molecular flexibility index (Phi) is 5.69. The highest BCUT2D eigenvalue weighted by Crippen LogP contribution is 2.26.